The number of ether oxygens (including phenoxy) is 2. The molecule has 1 saturated heterocycles. The Balaban J connectivity index is 2.36. The van der Waals surface area contributed by atoms with E-state index < -0.39 is 0 Å². The van der Waals surface area contributed by atoms with Crippen molar-refractivity contribution >= 4 is 0 Å². The lowest BCUT2D eigenvalue weighted by atomic mass is 9.81. The van der Waals surface area contributed by atoms with Gasteiger partial charge < -0.3 is 14.8 Å². The Labute approximate surface area is 116 Å². The normalized spacial score (nSPS) is 20.2. The van der Waals surface area contributed by atoms with Crippen molar-refractivity contribution in [2.75, 3.05) is 27.4 Å². The molecule has 0 saturated carbocycles. The number of nitrogens with one attached hydrogen (secondary N) is 1. The summed E-state index contributed by atoms with van der Waals surface area (Å²) in [5, 5.41) is 3.45. The second-order valence-electron chi connectivity index (χ2n) is 5.52. The summed E-state index contributed by atoms with van der Waals surface area (Å²) in [6.45, 7) is 5.84. The monoisotopic (exact) mass is 263 g/mol. The van der Waals surface area contributed by atoms with Gasteiger partial charge in [-0.25, -0.2) is 0 Å². The van der Waals surface area contributed by atoms with E-state index in [9.17, 15) is 0 Å². The quantitative estimate of drug-likeness (QED) is 0.906. The molecule has 2 rings (SSSR count). The number of likely N-dealkylation sites (N-methyl/N-ethyl adjacent to an activating group) is 1. The number of hydrogen-bond donors (Lipinski definition) is 1. The maximum absolute atomic E-state index is 5.92. The number of rotatable bonds is 4. The third-order valence-corrected chi connectivity index (χ3v) is 4.14. The van der Waals surface area contributed by atoms with Crippen LogP contribution in [0.5, 0.6) is 0 Å². The molecule has 0 spiro atoms. The molecule has 3 heteroatoms. The SMILES string of the molecule is CNC(c1cc(C)cc(C)c1)C1(OC)CCOCC1. The molecule has 1 aromatic carbocycles. The van der Waals surface area contributed by atoms with Gasteiger partial charge in [0.05, 0.1) is 11.6 Å². The number of methoxy groups -OCH3 is 1. The van der Waals surface area contributed by atoms with E-state index in [-0.39, 0.29) is 11.6 Å². The van der Waals surface area contributed by atoms with Crippen molar-refractivity contribution in [2.45, 2.75) is 38.3 Å². The zero-order valence-electron chi connectivity index (χ0n) is 12.5. The van der Waals surface area contributed by atoms with Crippen LogP contribution in [0.15, 0.2) is 18.2 Å². The minimum atomic E-state index is -0.159. The highest BCUT2D eigenvalue weighted by Gasteiger charge is 2.40. The molecule has 0 aromatic heterocycles. The molecule has 1 aliphatic rings. The molecule has 0 aliphatic carbocycles. The Kier molecular flexibility index (Phi) is 4.61. The summed E-state index contributed by atoms with van der Waals surface area (Å²) >= 11 is 0. The molecule has 3 nitrogen and oxygen atoms in total. The molecule has 0 amide bonds. The summed E-state index contributed by atoms with van der Waals surface area (Å²) in [6, 6.07) is 6.93. The van der Waals surface area contributed by atoms with Crippen LogP contribution in [-0.2, 0) is 9.47 Å². The standard InChI is InChI=1S/C16H25NO2/c1-12-9-13(2)11-14(10-12)15(17-3)16(18-4)5-7-19-8-6-16/h9-11,15,17H,5-8H2,1-4H3. The first-order chi connectivity index (χ1) is 9.11. The fourth-order valence-electron chi connectivity index (χ4n) is 3.24. The summed E-state index contributed by atoms with van der Waals surface area (Å²) in [6.07, 6.45) is 1.87. The highest BCUT2D eigenvalue weighted by Crippen LogP contribution is 2.37. The topological polar surface area (TPSA) is 30.5 Å². The Morgan fingerprint density at radius 1 is 1.16 bits per heavy atom. The van der Waals surface area contributed by atoms with Gasteiger partial charge in [0.15, 0.2) is 0 Å². The van der Waals surface area contributed by atoms with Gasteiger partial charge in [0.25, 0.3) is 0 Å². The number of hydrogen-bond acceptors (Lipinski definition) is 3. The van der Waals surface area contributed by atoms with Crippen LogP contribution < -0.4 is 5.32 Å². The Morgan fingerprint density at radius 3 is 2.21 bits per heavy atom. The predicted molar refractivity (Wildman–Crippen MR) is 77.5 cm³/mol. The molecule has 1 heterocycles. The Bertz CT molecular complexity index is 405. The van der Waals surface area contributed by atoms with E-state index in [0.717, 1.165) is 26.1 Å². The first kappa shape index (κ1) is 14.5. The summed E-state index contributed by atoms with van der Waals surface area (Å²) in [5.74, 6) is 0. The van der Waals surface area contributed by atoms with Gasteiger partial charge in [-0.1, -0.05) is 29.3 Å². The molecule has 0 bridgehead atoms. The van der Waals surface area contributed by atoms with Gasteiger partial charge >= 0.3 is 0 Å². The fraction of sp³-hybridized carbons (Fsp3) is 0.625. The van der Waals surface area contributed by atoms with Gasteiger partial charge in [0.2, 0.25) is 0 Å². The van der Waals surface area contributed by atoms with Crippen LogP contribution in [0.25, 0.3) is 0 Å². The second kappa shape index (κ2) is 6.04. The number of aryl methyl sites for hydroxylation is 2. The van der Waals surface area contributed by atoms with Gasteiger partial charge in [0, 0.05) is 33.2 Å². The van der Waals surface area contributed by atoms with Crippen LogP contribution in [0.4, 0.5) is 0 Å². The minimum absolute atomic E-state index is 0.159. The molecule has 1 aliphatic heterocycles. The van der Waals surface area contributed by atoms with Gasteiger partial charge in [-0.3, -0.25) is 0 Å². The van der Waals surface area contributed by atoms with E-state index in [2.05, 4.69) is 37.4 Å². The maximum Gasteiger partial charge on any atom is 0.0916 e. The first-order valence-electron chi connectivity index (χ1n) is 6.99. The second-order valence-corrected chi connectivity index (χ2v) is 5.52. The lowest BCUT2D eigenvalue weighted by Crippen LogP contribution is -2.48. The third kappa shape index (κ3) is 2.99. The molecule has 1 atom stereocenters. The summed E-state index contributed by atoms with van der Waals surface area (Å²) in [4.78, 5) is 0. The van der Waals surface area contributed by atoms with Crippen LogP contribution >= 0.6 is 0 Å². The van der Waals surface area contributed by atoms with E-state index in [1.807, 2.05) is 14.2 Å². The van der Waals surface area contributed by atoms with Crippen LogP contribution in [-0.4, -0.2) is 33.0 Å². The van der Waals surface area contributed by atoms with Crippen molar-refractivity contribution in [1.29, 1.82) is 0 Å². The third-order valence-electron chi connectivity index (χ3n) is 4.14. The van der Waals surface area contributed by atoms with Gasteiger partial charge in [0.1, 0.15) is 0 Å². The lowest BCUT2D eigenvalue weighted by Gasteiger charge is -2.42. The van der Waals surface area contributed by atoms with Crippen molar-refractivity contribution in [1.82, 2.24) is 5.32 Å². The summed E-state index contributed by atoms with van der Waals surface area (Å²) in [7, 11) is 3.83. The first-order valence-corrected chi connectivity index (χ1v) is 6.99. The lowest BCUT2D eigenvalue weighted by molar-refractivity contribution is -0.110. The zero-order chi connectivity index (χ0) is 13.9. The van der Waals surface area contributed by atoms with E-state index in [0.29, 0.717) is 0 Å². The smallest absolute Gasteiger partial charge is 0.0916 e. The molecule has 19 heavy (non-hydrogen) atoms. The molecule has 1 fully saturated rings. The maximum atomic E-state index is 5.92. The van der Waals surface area contributed by atoms with Gasteiger partial charge in [-0.2, -0.15) is 0 Å². The zero-order valence-corrected chi connectivity index (χ0v) is 12.5. The largest absolute Gasteiger partial charge is 0.381 e. The molecule has 1 N–H and O–H groups in total. The molecular formula is C16H25NO2. The van der Waals surface area contributed by atoms with Crippen LogP contribution in [0.2, 0.25) is 0 Å². The van der Waals surface area contributed by atoms with E-state index >= 15 is 0 Å². The van der Waals surface area contributed by atoms with Crippen molar-refractivity contribution in [3.8, 4) is 0 Å². The van der Waals surface area contributed by atoms with E-state index in [1.165, 1.54) is 16.7 Å². The summed E-state index contributed by atoms with van der Waals surface area (Å²) in [5.41, 5.74) is 3.75. The van der Waals surface area contributed by atoms with Gasteiger partial charge in [-0.05, 0) is 26.5 Å². The Hall–Kier alpha value is -0.900. The van der Waals surface area contributed by atoms with Crippen LogP contribution in [0, 0.1) is 13.8 Å². The molecular weight excluding hydrogens is 238 g/mol. The van der Waals surface area contributed by atoms with E-state index in [4.69, 9.17) is 9.47 Å². The molecule has 1 aromatic rings. The predicted octanol–water partition coefficient (Wildman–Crippen LogP) is 2.76. The highest BCUT2D eigenvalue weighted by molar-refractivity contribution is 5.32. The molecule has 0 radical (unpaired) electrons. The summed E-state index contributed by atoms with van der Waals surface area (Å²) < 4.78 is 11.4. The van der Waals surface area contributed by atoms with Crippen molar-refractivity contribution in [3.05, 3.63) is 34.9 Å². The minimum Gasteiger partial charge on any atom is -0.381 e. The highest BCUT2D eigenvalue weighted by atomic mass is 16.5. The van der Waals surface area contributed by atoms with Gasteiger partial charge in [-0.15, -0.1) is 0 Å². The average molecular weight is 263 g/mol. The number of benzene rings is 1. The van der Waals surface area contributed by atoms with Crippen molar-refractivity contribution in [3.63, 3.8) is 0 Å². The van der Waals surface area contributed by atoms with Crippen LogP contribution in [0.3, 0.4) is 0 Å². The average Bonchev–Trinajstić information content (AvgIpc) is 2.39. The Morgan fingerprint density at radius 2 is 1.74 bits per heavy atom. The molecule has 1 unspecified atom stereocenters. The van der Waals surface area contributed by atoms with Crippen LogP contribution in [0.1, 0.15) is 35.6 Å². The van der Waals surface area contributed by atoms with Crippen molar-refractivity contribution < 1.29 is 9.47 Å². The molecule has 106 valence electrons. The fourth-order valence-corrected chi connectivity index (χ4v) is 3.24. The van der Waals surface area contributed by atoms with Crippen molar-refractivity contribution in [2.24, 2.45) is 0 Å². The van der Waals surface area contributed by atoms with E-state index in [1.54, 1.807) is 0 Å².